The first-order chi connectivity index (χ1) is 9.68. The van der Waals surface area contributed by atoms with E-state index in [-0.39, 0.29) is 17.4 Å². The molecule has 2 aliphatic rings. The van der Waals surface area contributed by atoms with Gasteiger partial charge in [-0.25, -0.2) is 0 Å². The maximum absolute atomic E-state index is 10.4. The number of allylic oxidation sites excluding steroid dienone is 1. The number of hydrogen-bond acceptors (Lipinski definition) is 2. The number of rotatable bonds is 4. The van der Waals surface area contributed by atoms with Gasteiger partial charge in [0.2, 0.25) is 0 Å². The van der Waals surface area contributed by atoms with Crippen molar-refractivity contribution in [3.63, 3.8) is 0 Å². The molecule has 0 aliphatic heterocycles. The van der Waals surface area contributed by atoms with Crippen LogP contribution in [0.4, 0.5) is 0 Å². The standard InChI is InChI=1S/C19H34O2/c1-13(2)19(5,21)12-10-14(3)15-8-9-16-17(20)7-6-11-18(15,16)4/h10,12-17,20-21H,6-9,11H2,1-5H3/t14-,15?,16?,17+,18-,19-/m1/s1. The molecule has 0 aromatic rings. The molecule has 0 amide bonds. The van der Waals surface area contributed by atoms with Gasteiger partial charge >= 0.3 is 0 Å². The first-order valence-corrected chi connectivity index (χ1v) is 8.78. The first-order valence-electron chi connectivity index (χ1n) is 8.78. The van der Waals surface area contributed by atoms with Gasteiger partial charge in [0.25, 0.3) is 0 Å². The molecule has 2 saturated carbocycles. The Labute approximate surface area is 130 Å². The molecule has 0 bridgehead atoms. The molecule has 0 spiro atoms. The first kappa shape index (κ1) is 17.0. The monoisotopic (exact) mass is 294 g/mol. The molecular weight excluding hydrogens is 260 g/mol. The van der Waals surface area contributed by atoms with Crippen molar-refractivity contribution >= 4 is 0 Å². The summed E-state index contributed by atoms with van der Waals surface area (Å²) in [6.07, 6.45) is 9.90. The van der Waals surface area contributed by atoms with Crippen LogP contribution in [0.3, 0.4) is 0 Å². The molecule has 2 unspecified atom stereocenters. The lowest BCUT2D eigenvalue weighted by atomic mass is 9.62. The number of aliphatic hydroxyl groups excluding tert-OH is 1. The Kier molecular flexibility index (Phi) is 4.90. The predicted octanol–water partition coefficient (Wildman–Crippen LogP) is 4.16. The Morgan fingerprint density at radius 2 is 1.86 bits per heavy atom. The van der Waals surface area contributed by atoms with Crippen molar-refractivity contribution in [2.75, 3.05) is 0 Å². The van der Waals surface area contributed by atoms with Crippen LogP contribution in [0, 0.1) is 29.1 Å². The second-order valence-electron chi connectivity index (χ2n) is 8.35. The van der Waals surface area contributed by atoms with Crippen molar-refractivity contribution in [2.24, 2.45) is 29.1 Å². The highest BCUT2D eigenvalue weighted by Crippen LogP contribution is 2.57. The number of fused-ring (bicyclic) bond motifs is 1. The zero-order chi connectivity index (χ0) is 15.8. The minimum absolute atomic E-state index is 0.0938. The van der Waals surface area contributed by atoms with Crippen molar-refractivity contribution in [1.29, 1.82) is 0 Å². The highest BCUT2D eigenvalue weighted by Gasteiger charge is 2.51. The van der Waals surface area contributed by atoms with E-state index in [0.29, 0.717) is 17.8 Å². The average Bonchev–Trinajstić information content (AvgIpc) is 2.74. The Balaban J connectivity index is 2.10. The van der Waals surface area contributed by atoms with Crippen LogP contribution in [0.15, 0.2) is 12.2 Å². The molecule has 2 fully saturated rings. The molecule has 0 aromatic heterocycles. The quantitative estimate of drug-likeness (QED) is 0.764. The third kappa shape index (κ3) is 3.22. The van der Waals surface area contributed by atoms with Crippen molar-refractivity contribution in [2.45, 2.75) is 78.4 Å². The molecule has 21 heavy (non-hydrogen) atoms. The number of hydrogen-bond donors (Lipinski definition) is 2. The third-order valence-corrected chi connectivity index (χ3v) is 6.70. The van der Waals surface area contributed by atoms with E-state index in [0.717, 1.165) is 12.8 Å². The Morgan fingerprint density at radius 1 is 1.19 bits per heavy atom. The number of aliphatic hydroxyl groups is 2. The van der Waals surface area contributed by atoms with Crippen LogP contribution in [0.5, 0.6) is 0 Å². The topological polar surface area (TPSA) is 40.5 Å². The summed E-state index contributed by atoms with van der Waals surface area (Å²) in [6, 6.07) is 0. The van der Waals surface area contributed by atoms with Gasteiger partial charge < -0.3 is 10.2 Å². The fourth-order valence-electron chi connectivity index (χ4n) is 4.73. The van der Waals surface area contributed by atoms with Gasteiger partial charge in [-0.1, -0.05) is 46.3 Å². The Hall–Kier alpha value is -0.340. The molecule has 2 heteroatoms. The molecule has 0 heterocycles. The SMILES string of the molecule is CC(C)[C@](C)(O)C=C[C@@H](C)C1CCC2[C@@H](O)CCC[C@]12C. The van der Waals surface area contributed by atoms with Gasteiger partial charge in [-0.3, -0.25) is 0 Å². The van der Waals surface area contributed by atoms with E-state index in [1.54, 1.807) is 0 Å². The second-order valence-corrected chi connectivity index (χ2v) is 8.35. The molecule has 2 nitrogen and oxygen atoms in total. The summed E-state index contributed by atoms with van der Waals surface area (Å²) in [5.41, 5.74) is -0.440. The molecule has 0 saturated heterocycles. The molecular formula is C19H34O2. The van der Waals surface area contributed by atoms with Gasteiger partial charge in [-0.15, -0.1) is 0 Å². The largest absolute Gasteiger partial charge is 0.393 e. The minimum atomic E-state index is -0.723. The van der Waals surface area contributed by atoms with Crippen LogP contribution in [0.25, 0.3) is 0 Å². The third-order valence-electron chi connectivity index (χ3n) is 6.70. The van der Waals surface area contributed by atoms with Gasteiger partial charge in [-0.2, -0.15) is 0 Å². The lowest BCUT2D eigenvalue weighted by molar-refractivity contribution is -0.0233. The Morgan fingerprint density at radius 3 is 2.48 bits per heavy atom. The summed E-state index contributed by atoms with van der Waals surface area (Å²) >= 11 is 0. The smallest absolute Gasteiger partial charge is 0.0822 e. The van der Waals surface area contributed by atoms with Gasteiger partial charge in [0.1, 0.15) is 0 Å². The van der Waals surface area contributed by atoms with Gasteiger partial charge in [0.15, 0.2) is 0 Å². The summed E-state index contributed by atoms with van der Waals surface area (Å²) in [5, 5.41) is 20.7. The fourth-order valence-corrected chi connectivity index (χ4v) is 4.73. The molecule has 0 aromatic carbocycles. The highest BCUT2D eigenvalue weighted by atomic mass is 16.3. The van der Waals surface area contributed by atoms with E-state index in [1.807, 2.05) is 13.0 Å². The van der Waals surface area contributed by atoms with Crippen LogP contribution in [0.1, 0.15) is 66.7 Å². The van der Waals surface area contributed by atoms with Crippen LogP contribution < -0.4 is 0 Å². The summed E-state index contributed by atoms with van der Waals surface area (Å²) in [6.45, 7) is 10.7. The van der Waals surface area contributed by atoms with Crippen LogP contribution in [0.2, 0.25) is 0 Å². The summed E-state index contributed by atoms with van der Waals surface area (Å²) in [7, 11) is 0. The minimum Gasteiger partial charge on any atom is -0.393 e. The van der Waals surface area contributed by atoms with E-state index < -0.39 is 5.60 Å². The fraction of sp³-hybridized carbons (Fsp3) is 0.895. The van der Waals surface area contributed by atoms with E-state index in [9.17, 15) is 10.2 Å². The van der Waals surface area contributed by atoms with E-state index in [1.165, 1.54) is 19.3 Å². The molecule has 0 radical (unpaired) electrons. The van der Waals surface area contributed by atoms with Gasteiger partial charge in [0.05, 0.1) is 11.7 Å². The second kappa shape index (κ2) is 6.04. The molecule has 6 atom stereocenters. The van der Waals surface area contributed by atoms with E-state index in [2.05, 4.69) is 33.8 Å². The molecule has 122 valence electrons. The van der Waals surface area contributed by atoms with Crippen LogP contribution >= 0.6 is 0 Å². The maximum atomic E-state index is 10.4. The zero-order valence-corrected chi connectivity index (χ0v) is 14.5. The molecule has 2 aliphatic carbocycles. The predicted molar refractivity (Wildman–Crippen MR) is 87.9 cm³/mol. The lowest BCUT2D eigenvalue weighted by Gasteiger charge is -2.45. The molecule has 2 rings (SSSR count). The molecule has 2 N–H and O–H groups in total. The highest BCUT2D eigenvalue weighted by molar-refractivity contribution is 5.08. The van der Waals surface area contributed by atoms with Crippen molar-refractivity contribution in [3.05, 3.63) is 12.2 Å². The zero-order valence-electron chi connectivity index (χ0n) is 14.5. The summed E-state index contributed by atoms with van der Waals surface area (Å²) in [5.74, 6) is 1.81. The summed E-state index contributed by atoms with van der Waals surface area (Å²) in [4.78, 5) is 0. The van der Waals surface area contributed by atoms with Crippen molar-refractivity contribution in [1.82, 2.24) is 0 Å². The van der Waals surface area contributed by atoms with Crippen LogP contribution in [-0.2, 0) is 0 Å². The maximum Gasteiger partial charge on any atom is 0.0822 e. The van der Waals surface area contributed by atoms with Crippen LogP contribution in [-0.4, -0.2) is 21.9 Å². The van der Waals surface area contributed by atoms with Crippen molar-refractivity contribution in [3.8, 4) is 0 Å². The average molecular weight is 294 g/mol. The summed E-state index contributed by atoms with van der Waals surface area (Å²) < 4.78 is 0. The van der Waals surface area contributed by atoms with Gasteiger partial charge in [0, 0.05) is 0 Å². The Bertz CT molecular complexity index is 385. The van der Waals surface area contributed by atoms with E-state index in [4.69, 9.17) is 0 Å². The lowest BCUT2D eigenvalue weighted by Crippen LogP contribution is -2.41. The van der Waals surface area contributed by atoms with Crippen molar-refractivity contribution < 1.29 is 10.2 Å². The van der Waals surface area contributed by atoms with E-state index >= 15 is 0 Å². The normalized spacial score (nSPS) is 41.2. The van der Waals surface area contributed by atoms with Gasteiger partial charge in [-0.05, 0) is 61.7 Å².